The maximum atomic E-state index is 12.5. The number of hydroxylamine groups is 2. The van der Waals surface area contributed by atoms with Crippen molar-refractivity contribution in [2.75, 3.05) is 20.6 Å². The van der Waals surface area contributed by atoms with Gasteiger partial charge in [-0.15, -0.1) is 0 Å². The van der Waals surface area contributed by atoms with Gasteiger partial charge >= 0.3 is 6.01 Å². The fraction of sp³-hybridized carbons (Fsp3) is 0.393. The first kappa shape index (κ1) is 30.7. The van der Waals surface area contributed by atoms with Crippen LogP contribution in [0.1, 0.15) is 52.6 Å². The number of nitrogens with one attached hydrogen (secondary N) is 2. The van der Waals surface area contributed by atoms with Crippen molar-refractivity contribution in [1.82, 2.24) is 20.3 Å². The van der Waals surface area contributed by atoms with Crippen LogP contribution >= 0.6 is 0 Å². The van der Waals surface area contributed by atoms with Crippen LogP contribution in [0, 0.1) is 12.1 Å². The van der Waals surface area contributed by atoms with Gasteiger partial charge in [0.25, 0.3) is 11.8 Å². The van der Waals surface area contributed by atoms with Gasteiger partial charge in [-0.2, -0.15) is 4.98 Å². The maximum Gasteiger partial charge on any atom is 0.404 e. The summed E-state index contributed by atoms with van der Waals surface area (Å²) >= 11 is 0. The highest BCUT2D eigenvalue weighted by molar-refractivity contribution is 5.94. The smallest absolute Gasteiger partial charge is 0.404 e. The van der Waals surface area contributed by atoms with Gasteiger partial charge in [-0.3, -0.25) is 14.2 Å². The number of unbranched alkanes of at least 4 members (excludes halogenated alkanes) is 1. The average molecular weight is 527 g/mol. The topological polar surface area (TPSA) is 148 Å². The van der Waals surface area contributed by atoms with Crippen LogP contribution in [0.5, 0.6) is 0 Å². The van der Waals surface area contributed by atoms with E-state index < -0.39 is 28.8 Å². The third kappa shape index (κ3) is 10.1. The molecule has 0 saturated carbocycles. The number of carbonyl (C=O) groups is 2. The quantitative estimate of drug-likeness (QED) is 0.222. The van der Waals surface area contributed by atoms with E-state index in [0.29, 0.717) is 12.0 Å². The standard InChI is InChI=1S/C21H30N4O6.C7H8/c1-4-5-11-15(23-19(28)14-9-7-6-8-10-14)18(27)17(26)12-22-20(29)16-13-31-21(24-16)25(2,3)30;1-7-5-3-2-4-6-7/h6-10,13,15,17-18,26-27H,4-5,11-12H2,1-3H3,(H,22,29)(H,23,28);2-6H,1H3. The number of aliphatic hydroxyl groups is 2. The molecule has 4 N–H and O–H groups in total. The molecule has 1 heterocycles. The highest BCUT2D eigenvalue weighted by Gasteiger charge is 2.28. The molecule has 0 aliphatic carbocycles. The molecule has 206 valence electrons. The predicted molar refractivity (Wildman–Crippen MR) is 146 cm³/mol. The van der Waals surface area contributed by atoms with E-state index in [1.165, 1.54) is 19.7 Å². The first-order valence-corrected chi connectivity index (χ1v) is 12.6. The fourth-order valence-corrected chi connectivity index (χ4v) is 3.42. The lowest BCUT2D eigenvalue weighted by atomic mass is 9.99. The van der Waals surface area contributed by atoms with Crippen LogP contribution in [0.4, 0.5) is 6.01 Å². The number of carbonyl (C=O) groups excluding carboxylic acids is 2. The molecule has 0 spiro atoms. The minimum Gasteiger partial charge on any atom is -0.624 e. The largest absolute Gasteiger partial charge is 0.624 e. The summed E-state index contributed by atoms with van der Waals surface area (Å²) in [6.07, 6.45) is 0.464. The summed E-state index contributed by atoms with van der Waals surface area (Å²) in [6.45, 7) is 3.79. The van der Waals surface area contributed by atoms with Crippen LogP contribution in [0.25, 0.3) is 0 Å². The summed E-state index contributed by atoms with van der Waals surface area (Å²) in [5.74, 6) is -1.02. The van der Waals surface area contributed by atoms with E-state index in [4.69, 9.17) is 4.42 Å². The van der Waals surface area contributed by atoms with Gasteiger partial charge < -0.3 is 30.5 Å². The van der Waals surface area contributed by atoms with Crippen molar-refractivity contribution in [3.8, 4) is 0 Å². The number of benzene rings is 2. The number of hydrogen-bond donors (Lipinski definition) is 4. The SMILES string of the molecule is CCCCC(NC(=O)c1ccccc1)C(O)C(O)CNC(=O)c1coc([N+](C)(C)[O-])n1.Cc1ccccc1. The molecule has 3 atom stereocenters. The van der Waals surface area contributed by atoms with Gasteiger partial charge in [-0.1, -0.05) is 73.9 Å². The molecule has 0 aliphatic heterocycles. The molecular formula is C28H38N4O6. The van der Waals surface area contributed by atoms with E-state index in [9.17, 15) is 25.0 Å². The summed E-state index contributed by atoms with van der Waals surface area (Å²) < 4.78 is 4.07. The Bertz CT molecular complexity index is 1120. The number of oxazole rings is 1. The summed E-state index contributed by atoms with van der Waals surface area (Å²) in [5, 5.41) is 38.0. The van der Waals surface area contributed by atoms with Crippen molar-refractivity contribution >= 4 is 17.8 Å². The molecule has 3 unspecified atom stereocenters. The van der Waals surface area contributed by atoms with Crippen molar-refractivity contribution in [3.63, 3.8) is 0 Å². The van der Waals surface area contributed by atoms with Gasteiger partial charge in [0.1, 0.15) is 12.4 Å². The third-order valence-electron chi connectivity index (χ3n) is 5.63. The van der Waals surface area contributed by atoms with Crippen LogP contribution in [0.15, 0.2) is 71.3 Å². The monoisotopic (exact) mass is 526 g/mol. The number of hydrogen-bond acceptors (Lipinski definition) is 7. The van der Waals surface area contributed by atoms with Crippen molar-refractivity contribution in [2.45, 2.75) is 51.4 Å². The summed E-state index contributed by atoms with van der Waals surface area (Å²) in [7, 11) is 2.60. The number of quaternary nitrogens is 1. The van der Waals surface area contributed by atoms with Gasteiger partial charge in [-0.05, 0) is 25.5 Å². The second-order valence-corrected chi connectivity index (χ2v) is 9.38. The Morgan fingerprint density at radius 1 is 1.03 bits per heavy atom. The number of aliphatic hydroxyl groups excluding tert-OH is 2. The van der Waals surface area contributed by atoms with Gasteiger partial charge in [0.15, 0.2) is 5.69 Å². The van der Waals surface area contributed by atoms with Gasteiger partial charge in [0.05, 0.1) is 26.2 Å². The third-order valence-corrected chi connectivity index (χ3v) is 5.63. The van der Waals surface area contributed by atoms with Crippen LogP contribution in [-0.2, 0) is 0 Å². The average Bonchev–Trinajstić information content (AvgIpc) is 3.42. The highest BCUT2D eigenvalue weighted by Crippen LogP contribution is 2.16. The van der Waals surface area contributed by atoms with Gasteiger partial charge in [0, 0.05) is 12.1 Å². The van der Waals surface area contributed by atoms with Crippen molar-refractivity contribution in [2.24, 2.45) is 0 Å². The van der Waals surface area contributed by atoms with Crippen molar-refractivity contribution < 1.29 is 24.2 Å². The van der Waals surface area contributed by atoms with Crippen LogP contribution in [0.3, 0.4) is 0 Å². The zero-order valence-electron chi connectivity index (χ0n) is 22.3. The first-order chi connectivity index (χ1) is 18.0. The molecule has 2 aromatic carbocycles. The molecule has 0 radical (unpaired) electrons. The zero-order valence-corrected chi connectivity index (χ0v) is 22.3. The van der Waals surface area contributed by atoms with E-state index in [1.54, 1.807) is 30.3 Å². The van der Waals surface area contributed by atoms with Gasteiger partial charge in [-0.25, -0.2) is 0 Å². The molecular weight excluding hydrogens is 488 g/mol. The van der Waals surface area contributed by atoms with E-state index >= 15 is 0 Å². The number of aryl methyl sites for hydroxylation is 1. The Hall–Kier alpha value is -3.57. The molecule has 3 rings (SSSR count). The van der Waals surface area contributed by atoms with E-state index in [-0.39, 0.29) is 24.2 Å². The highest BCUT2D eigenvalue weighted by atomic mass is 16.6. The molecule has 10 heteroatoms. The van der Waals surface area contributed by atoms with E-state index in [1.807, 2.05) is 25.1 Å². The Morgan fingerprint density at radius 3 is 2.13 bits per heavy atom. The summed E-state index contributed by atoms with van der Waals surface area (Å²) in [6, 6.07) is 18.0. The molecule has 0 fully saturated rings. The number of aromatic nitrogens is 1. The number of nitrogens with zero attached hydrogens (tertiary/aromatic N) is 2. The van der Waals surface area contributed by atoms with Gasteiger partial charge in [0.2, 0.25) is 0 Å². The lowest BCUT2D eigenvalue weighted by molar-refractivity contribution is -0.00401. The molecule has 3 aromatic rings. The van der Waals surface area contributed by atoms with E-state index in [2.05, 4.69) is 34.7 Å². The minimum absolute atomic E-state index is 0.112. The Kier molecular flexibility index (Phi) is 12.1. The molecule has 0 aliphatic rings. The zero-order chi connectivity index (χ0) is 28.1. The van der Waals surface area contributed by atoms with Crippen LogP contribution in [-0.4, -0.2) is 65.9 Å². The van der Waals surface area contributed by atoms with Crippen LogP contribution < -0.4 is 15.3 Å². The van der Waals surface area contributed by atoms with Crippen molar-refractivity contribution in [3.05, 3.63) is 89.0 Å². The molecule has 10 nitrogen and oxygen atoms in total. The molecule has 38 heavy (non-hydrogen) atoms. The summed E-state index contributed by atoms with van der Waals surface area (Å²) in [5.41, 5.74) is 1.65. The second-order valence-electron chi connectivity index (χ2n) is 9.38. The minimum atomic E-state index is -1.33. The second kappa shape index (κ2) is 15.0. The Balaban J connectivity index is 0.000000624. The molecule has 0 saturated heterocycles. The predicted octanol–water partition coefficient (Wildman–Crippen LogP) is 3.17. The first-order valence-electron chi connectivity index (χ1n) is 12.6. The molecule has 1 aromatic heterocycles. The lowest BCUT2D eigenvalue weighted by Gasteiger charge is -2.28. The normalized spacial score (nSPS) is 13.4. The summed E-state index contributed by atoms with van der Waals surface area (Å²) in [4.78, 5) is 28.5. The molecule has 0 bridgehead atoms. The number of rotatable bonds is 11. The maximum absolute atomic E-state index is 12.5. The number of amides is 2. The Labute approximate surface area is 223 Å². The fourth-order valence-electron chi connectivity index (χ4n) is 3.42. The Morgan fingerprint density at radius 2 is 1.63 bits per heavy atom. The van der Waals surface area contributed by atoms with Crippen molar-refractivity contribution in [1.29, 1.82) is 0 Å². The molecule has 2 amide bonds. The van der Waals surface area contributed by atoms with Crippen LogP contribution in [0.2, 0.25) is 0 Å². The van der Waals surface area contributed by atoms with E-state index in [0.717, 1.165) is 19.1 Å². The lowest BCUT2D eigenvalue weighted by Crippen LogP contribution is -2.51.